The maximum absolute atomic E-state index is 13.3. The van der Waals surface area contributed by atoms with E-state index in [0.29, 0.717) is 11.4 Å². The van der Waals surface area contributed by atoms with Gasteiger partial charge in [-0.3, -0.25) is 0 Å². The summed E-state index contributed by atoms with van der Waals surface area (Å²) in [6, 6.07) is 26.9. The first-order chi connectivity index (χ1) is 20.6. The molecule has 1 aliphatic carbocycles. The summed E-state index contributed by atoms with van der Waals surface area (Å²) in [5.74, 6) is 0.291. The van der Waals surface area contributed by atoms with Crippen molar-refractivity contribution in [1.29, 1.82) is 0 Å². The zero-order valence-electron chi connectivity index (χ0n) is 21.8. The predicted molar refractivity (Wildman–Crippen MR) is 144 cm³/mol. The minimum atomic E-state index is -4.63. The molecule has 4 heterocycles. The number of alkyl halides is 6. The number of aromatic nitrogens is 6. The van der Waals surface area contributed by atoms with E-state index in [2.05, 4.69) is 10.2 Å². The average Bonchev–Trinajstić information content (AvgIpc) is 3.75. The van der Waals surface area contributed by atoms with Gasteiger partial charge in [-0.05, 0) is 58.7 Å². The van der Waals surface area contributed by atoms with E-state index in [-0.39, 0.29) is 11.6 Å². The molecule has 7 rings (SSSR count). The highest BCUT2D eigenvalue weighted by Gasteiger charge is 2.48. The zero-order chi connectivity index (χ0) is 30.0. The molecule has 4 aromatic heterocycles. The minimum absolute atomic E-state index is 0.146. The van der Waals surface area contributed by atoms with E-state index >= 15 is 0 Å². The summed E-state index contributed by atoms with van der Waals surface area (Å²) in [6.45, 7) is 0. The number of benzene rings is 2. The van der Waals surface area contributed by atoms with E-state index in [4.69, 9.17) is 9.97 Å². The molecule has 0 aliphatic heterocycles. The third-order valence-corrected chi connectivity index (χ3v) is 7.42. The number of nitrogens with zero attached hydrogens (tertiary/aromatic N) is 6. The molecule has 214 valence electrons. The van der Waals surface area contributed by atoms with Crippen molar-refractivity contribution in [3.63, 3.8) is 0 Å². The number of halogens is 6. The fraction of sp³-hybridized carbons (Fsp3) is 0.0968. The number of pyridine rings is 2. The van der Waals surface area contributed by atoms with Gasteiger partial charge >= 0.3 is 12.4 Å². The second-order valence-corrected chi connectivity index (χ2v) is 9.89. The van der Waals surface area contributed by atoms with Crippen LogP contribution in [0.5, 0.6) is 0 Å². The summed E-state index contributed by atoms with van der Waals surface area (Å²) in [5, 5.41) is 7.38. The van der Waals surface area contributed by atoms with Crippen molar-refractivity contribution in [2.24, 2.45) is 0 Å². The van der Waals surface area contributed by atoms with Crippen molar-refractivity contribution in [3.05, 3.63) is 143 Å². The van der Waals surface area contributed by atoms with Gasteiger partial charge in [0.25, 0.3) is 0 Å². The Kier molecular flexibility index (Phi) is 5.81. The van der Waals surface area contributed by atoms with E-state index < -0.39 is 29.2 Å². The van der Waals surface area contributed by atoms with Crippen molar-refractivity contribution in [3.8, 4) is 22.8 Å². The highest BCUT2D eigenvalue weighted by molar-refractivity contribution is 5.85. The van der Waals surface area contributed by atoms with E-state index in [9.17, 15) is 26.3 Å². The maximum atomic E-state index is 13.3. The Bertz CT molecular complexity index is 1840. The van der Waals surface area contributed by atoms with Crippen LogP contribution in [0.1, 0.15) is 33.9 Å². The number of hydrogen-bond acceptors (Lipinski definition) is 4. The third kappa shape index (κ3) is 4.20. The molecule has 0 radical (unpaired) electrons. The lowest BCUT2D eigenvalue weighted by molar-refractivity contribution is -0.142. The van der Waals surface area contributed by atoms with Crippen LogP contribution in [0.15, 0.2) is 109 Å². The van der Waals surface area contributed by atoms with Gasteiger partial charge < -0.3 is 0 Å². The van der Waals surface area contributed by atoms with Gasteiger partial charge in [-0.25, -0.2) is 19.3 Å². The molecular formula is C31H18F6N6. The molecule has 0 fully saturated rings. The van der Waals surface area contributed by atoms with Crippen molar-refractivity contribution in [2.75, 3.05) is 0 Å². The van der Waals surface area contributed by atoms with Crippen LogP contribution in [-0.4, -0.2) is 29.5 Å². The van der Waals surface area contributed by atoms with Crippen LogP contribution in [0.25, 0.3) is 22.8 Å². The molecule has 0 spiro atoms. The second-order valence-electron chi connectivity index (χ2n) is 9.89. The number of fused-ring (bicyclic) bond motifs is 3. The van der Waals surface area contributed by atoms with Gasteiger partial charge in [0, 0.05) is 12.4 Å². The first-order valence-electron chi connectivity index (χ1n) is 13.0. The largest absolute Gasteiger partial charge is 0.435 e. The molecular weight excluding hydrogens is 570 g/mol. The standard InChI is InChI=1S/C31H18F6N6/c32-30(33,34)25-15-17-42(40-25)27-13-5-11-23(38-27)29(21-9-3-1-7-19(21)20-8-2-4-10-22(20)29)24-12-6-14-28(39-24)43-18-16-26(41-43)31(35,36)37/h1-18H. The molecule has 0 amide bonds. The van der Waals surface area contributed by atoms with Gasteiger partial charge in [-0.1, -0.05) is 60.7 Å². The fourth-order valence-corrected chi connectivity index (χ4v) is 5.64. The molecule has 0 unspecified atom stereocenters. The van der Waals surface area contributed by atoms with Crippen LogP contribution in [0, 0.1) is 0 Å². The molecule has 1 aliphatic rings. The smallest absolute Gasteiger partial charge is 0.232 e. The lowest BCUT2D eigenvalue weighted by Gasteiger charge is -2.32. The van der Waals surface area contributed by atoms with E-state index in [1.165, 1.54) is 12.4 Å². The summed E-state index contributed by atoms with van der Waals surface area (Å²) in [4.78, 5) is 9.65. The lowest BCUT2D eigenvalue weighted by Crippen LogP contribution is -2.31. The Hall–Kier alpha value is -5.26. The minimum Gasteiger partial charge on any atom is -0.232 e. The van der Waals surface area contributed by atoms with Crippen LogP contribution in [0.3, 0.4) is 0 Å². The quantitative estimate of drug-likeness (QED) is 0.203. The summed E-state index contributed by atoms with van der Waals surface area (Å²) < 4.78 is 82.1. The van der Waals surface area contributed by atoms with E-state index in [0.717, 1.165) is 43.8 Å². The van der Waals surface area contributed by atoms with Crippen LogP contribution >= 0.6 is 0 Å². The molecule has 0 saturated heterocycles. The Labute approximate surface area is 239 Å². The van der Waals surface area contributed by atoms with Gasteiger partial charge in [-0.2, -0.15) is 36.5 Å². The Balaban J connectivity index is 1.48. The molecule has 0 bridgehead atoms. The van der Waals surface area contributed by atoms with Crippen LogP contribution < -0.4 is 0 Å². The first-order valence-corrected chi connectivity index (χ1v) is 13.0. The number of hydrogen-bond donors (Lipinski definition) is 0. The van der Waals surface area contributed by atoms with Gasteiger partial charge in [0.2, 0.25) is 0 Å². The van der Waals surface area contributed by atoms with Crippen molar-refractivity contribution < 1.29 is 26.3 Å². The number of rotatable bonds is 4. The van der Waals surface area contributed by atoms with E-state index in [1.54, 1.807) is 36.4 Å². The lowest BCUT2D eigenvalue weighted by atomic mass is 9.72. The highest BCUT2D eigenvalue weighted by atomic mass is 19.4. The maximum Gasteiger partial charge on any atom is 0.435 e. The topological polar surface area (TPSA) is 61.4 Å². The molecule has 43 heavy (non-hydrogen) atoms. The molecule has 12 heteroatoms. The molecule has 6 aromatic rings. The summed E-state index contributed by atoms with van der Waals surface area (Å²) in [5.41, 5.74) is 0.982. The second kappa shape index (κ2) is 9.38. The van der Waals surface area contributed by atoms with Crippen LogP contribution in [0.2, 0.25) is 0 Å². The summed E-state index contributed by atoms with van der Waals surface area (Å²) >= 11 is 0. The Morgan fingerprint density at radius 3 is 1.30 bits per heavy atom. The van der Waals surface area contributed by atoms with Gasteiger partial charge in [-0.15, -0.1) is 0 Å². The normalized spacial score (nSPS) is 14.0. The Morgan fingerprint density at radius 2 is 0.907 bits per heavy atom. The monoisotopic (exact) mass is 588 g/mol. The summed E-state index contributed by atoms with van der Waals surface area (Å²) in [7, 11) is 0. The van der Waals surface area contributed by atoms with Gasteiger partial charge in [0.15, 0.2) is 23.0 Å². The fourth-order valence-electron chi connectivity index (χ4n) is 5.64. The molecule has 6 nitrogen and oxygen atoms in total. The molecule has 2 aromatic carbocycles. The van der Waals surface area contributed by atoms with E-state index in [1.807, 2.05) is 48.5 Å². The summed E-state index contributed by atoms with van der Waals surface area (Å²) in [6.07, 6.45) is -6.88. The Morgan fingerprint density at radius 1 is 0.488 bits per heavy atom. The van der Waals surface area contributed by atoms with Crippen LogP contribution in [-0.2, 0) is 17.8 Å². The first kappa shape index (κ1) is 26.6. The van der Waals surface area contributed by atoms with Gasteiger partial charge in [0.1, 0.15) is 5.41 Å². The average molecular weight is 589 g/mol. The van der Waals surface area contributed by atoms with Crippen molar-refractivity contribution in [1.82, 2.24) is 29.5 Å². The molecule has 0 atom stereocenters. The highest BCUT2D eigenvalue weighted by Crippen LogP contribution is 2.55. The SMILES string of the molecule is FC(F)(F)c1ccn(-c2cccc(C3(c4cccc(-n5ccc(C(F)(F)F)n5)n4)c4ccccc4-c4ccccc43)n2)n1. The predicted octanol–water partition coefficient (Wildman–Crippen LogP) is 7.25. The van der Waals surface area contributed by atoms with Gasteiger partial charge in [0.05, 0.1) is 11.4 Å². The van der Waals surface area contributed by atoms with Crippen LogP contribution in [0.4, 0.5) is 26.3 Å². The zero-order valence-corrected chi connectivity index (χ0v) is 21.8. The third-order valence-electron chi connectivity index (χ3n) is 7.42. The van der Waals surface area contributed by atoms with Crippen molar-refractivity contribution >= 4 is 0 Å². The van der Waals surface area contributed by atoms with Crippen molar-refractivity contribution in [2.45, 2.75) is 17.8 Å². The molecule has 0 N–H and O–H groups in total. The molecule has 0 saturated carbocycles.